The molecule has 0 fully saturated rings. The Morgan fingerprint density at radius 1 is 1.00 bits per heavy atom. The number of nitrogens with one attached hydrogen (secondary N) is 2. The Hall–Kier alpha value is -4.14. The lowest BCUT2D eigenvalue weighted by Gasteiger charge is -2.13. The van der Waals surface area contributed by atoms with Crippen molar-refractivity contribution >= 4 is 28.9 Å². The lowest BCUT2D eigenvalue weighted by atomic mass is 10.1. The van der Waals surface area contributed by atoms with Gasteiger partial charge in [0, 0.05) is 23.4 Å². The first-order chi connectivity index (χ1) is 13.9. The molecule has 2 aromatic carbocycles. The zero-order chi connectivity index (χ0) is 21.0. The molecule has 0 spiro atoms. The third-order valence-electron chi connectivity index (χ3n) is 4.12. The number of amides is 2. The standard InChI is InChI=1S/C20H15FN4O4/c1-12-14(5-4-7-18(12)25(28)29)19(26)24-17-11-13(21)8-9-15(17)23-20(27)16-6-2-3-10-22-16/h2-11H,1H3,(H,23,27)(H,24,26). The Bertz CT molecular complexity index is 1100. The summed E-state index contributed by atoms with van der Waals surface area (Å²) < 4.78 is 13.7. The molecule has 3 rings (SSSR count). The monoisotopic (exact) mass is 394 g/mol. The maximum Gasteiger partial charge on any atom is 0.274 e. The number of carbonyl (C=O) groups excluding carboxylic acids is 2. The van der Waals surface area contributed by atoms with Crippen LogP contribution in [0.5, 0.6) is 0 Å². The summed E-state index contributed by atoms with van der Waals surface area (Å²) in [7, 11) is 0. The molecule has 0 unspecified atom stereocenters. The fourth-order valence-corrected chi connectivity index (χ4v) is 2.67. The highest BCUT2D eigenvalue weighted by molar-refractivity contribution is 6.10. The number of anilines is 2. The second-order valence-electron chi connectivity index (χ2n) is 6.02. The van der Waals surface area contributed by atoms with Crippen LogP contribution in [0, 0.1) is 22.9 Å². The van der Waals surface area contributed by atoms with E-state index in [0.29, 0.717) is 0 Å². The van der Waals surface area contributed by atoms with E-state index >= 15 is 0 Å². The third-order valence-corrected chi connectivity index (χ3v) is 4.12. The first kappa shape index (κ1) is 19.6. The van der Waals surface area contributed by atoms with Crippen LogP contribution in [0.25, 0.3) is 0 Å². The van der Waals surface area contributed by atoms with Crippen LogP contribution in [0.3, 0.4) is 0 Å². The molecule has 0 aliphatic carbocycles. The van der Waals surface area contributed by atoms with E-state index in [1.807, 2.05) is 0 Å². The van der Waals surface area contributed by atoms with Crippen molar-refractivity contribution in [3.63, 3.8) is 0 Å². The molecule has 1 heterocycles. The van der Waals surface area contributed by atoms with Gasteiger partial charge in [0.1, 0.15) is 11.5 Å². The second kappa shape index (κ2) is 8.26. The molecular weight excluding hydrogens is 379 g/mol. The summed E-state index contributed by atoms with van der Waals surface area (Å²) in [4.78, 5) is 39.4. The molecule has 29 heavy (non-hydrogen) atoms. The molecule has 0 aliphatic heterocycles. The van der Waals surface area contributed by atoms with Gasteiger partial charge < -0.3 is 10.6 Å². The SMILES string of the molecule is Cc1c(C(=O)Nc2cc(F)ccc2NC(=O)c2ccccn2)cccc1[N+](=O)[O-]. The quantitative estimate of drug-likeness (QED) is 0.502. The number of nitro groups is 1. The van der Waals surface area contributed by atoms with Crippen LogP contribution in [0.15, 0.2) is 60.8 Å². The molecule has 2 N–H and O–H groups in total. The van der Waals surface area contributed by atoms with Crippen molar-refractivity contribution in [2.24, 2.45) is 0 Å². The summed E-state index contributed by atoms with van der Waals surface area (Å²) in [5.74, 6) is -1.85. The van der Waals surface area contributed by atoms with Crippen LogP contribution in [-0.2, 0) is 0 Å². The van der Waals surface area contributed by atoms with Crippen molar-refractivity contribution in [1.29, 1.82) is 0 Å². The first-order valence-corrected chi connectivity index (χ1v) is 8.44. The van der Waals surface area contributed by atoms with E-state index in [4.69, 9.17) is 0 Å². The van der Waals surface area contributed by atoms with Crippen molar-refractivity contribution < 1.29 is 18.9 Å². The van der Waals surface area contributed by atoms with Gasteiger partial charge in [-0.2, -0.15) is 0 Å². The number of hydrogen-bond acceptors (Lipinski definition) is 5. The van der Waals surface area contributed by atoms with Gasteiger partial charge in [0.2, 0.25) is 0 Å². The molecule has 0 aliphatic rings. The molecule has 0 atom stereocenters. The summed E-state index contributed by atoms with van der Waals surface area (Å²) >= 11 is 0. The normalized spacial score (nSPS) is 10.3. The molecule has 9 heteroatoms. The van der Waals surface area contributed by atoms with Gasteiger partial charge in [-0.3, -0.25) is 24.7 Å². The highest BCUT2D eigenvalue weighted by atomic mass is 19.1. The van der Waals surface area contributed by atoms with Gasteiger partial charge in [0.15, 0.2) is 0 Å². The number of halogens is 1. The lowest BCUT2D eigenvalue weighted by Crippen LogP contribution is -2.18. The summed E-state index contributed by atoms with van der Waals surface area (Å²) in [6.45, 7) is 1.45. The van der Waals surface area contributed by atoms with Crippen molar-refractivity contribution in [1.82, 2.24) is 4.98 Å². The zero-order valence-corrected chi connectivity index (χ0v) is 15.2. The predicted octanol–water partition coefficient (Wildman–Crippen LogP) is 3.94. The van der Waals surface area contributed by atoms with Gasteiger partial charge in [0.05, 0.1) is 16.3 Å². The van der Waals surface area contributed by atoms with Crippen molar-refractivity contribution in [2.75, 3.05) is 10.6 Å². The van der Waals surface area contributed by atoms with Crippen molar-refractivity contribution in [3.05, 3.63) is 93.5 Å². The van der Waals surface area contributed by atoms with E-state index in [9.17, 15) is 24.1 Å². The minimum Gasteiger partial charge on any atom is -0.320 e. The molecule has 8 nitrogen and oxygen atoms in total. The summed E-state index contributed by atoms with van der Waals surface area (Å²) in [6.07, 6.45) is 1.45. The number of carbonyl (C=O) groups is 2. The van der Waals surface area contributed by atoms with Gasteiger partial charge in [-0.1, -0.05) is 12.1 Å². The minimum atomic E-state index is -0.676. The first-order valence-electron chi connectivity index (χ1n) is 8.44. The average Bonchev–Trinajstić information content (AvgIpc) is 2.70. The smallest absolute Gasteiger partial charge is 0.274 e. The highest BCUT2D eigenvalue weighted by Gasteiger charge is 2.19. The Labute approximate surface area is 164 Å². The van der Waals surface area contributed by atoms with Crippen LogP contribution in [0.2, 0.25) is 0 Å². The van der Waals surface area contributed by atoms with E-state index in [0.717, 1.165) is 12.1 Å². The van der Waals surface area contributed by atoms with Crippen LogP contribution in [0.1, 0.15) is 26.4 Å². The predicted molar refractivity (Wildman–Crippen MR) is 104 cm³/mol. The Morgan fingerprint density at radius 2 is 1.76 bits per heavy atom. The van der Waals surface area contributed by atoms with Gasteiger partial charge in [-0.25, -0.2) is 4.39 Å². The van der Waals surface area contributed by atoms with Gasteiger partial charge >= 0.3 is 0 Å². The minimum absolute atomic E-state index is 0.00480. The number of pyridine rings is 1. The fourth-order valence-electron chi connectivity index (χ4n) is 2.67. The van der Waals surface area contributed by atoms with E-state index in [-0.39, 0.29) is 33.9 Å². The maximum absolute atomic E-state index is 13.7. The number of hydrogen-bond donors (Lipinski definition) is 2. The van der Waals surface area contributed by atoms with Crippen molar-refractivity contribution in [2.45, 2.75) is 6.92 Å². The van der Waals surface area contributed by atoms with E-state index in [1.54, 1.807) is 12.1 Å². The molecule has 0 radical (unpaired) electrons. The molecule has 1 aromatic heterocycles. The van der Waals surface area contributed by atoms with Gasteiger partial charge in [-0.05, 0) is 43.3 Å². The van der Waals surface area contributed by atoms with Crippen LogP contribution in [0.4, 0.5) is 21.5 Å². The molecule has 2 amide bonds. The Morgan fingerprint density at radius 3 is 2.45 bits per heavy atom. The van der Waals surface area contributed by atoms with E-state index < -0.39 is 22.6 Å². The molecule has 0 saturated carbocycles. The topological polar surface area (TPSA) is 114 Å². The van der Waals surface area contributed by atoms with Crippen LogP contribution < -0.4 is 10.6 Å². The Kier molecular flexibility index (Phi) is 5.59. The lowest BCUT2D eigenvalue weighted by molar-refractivity contribution is -0.385. The summed E-state index contributed by atoms with van der Waals surface area (Å²) in [5, 5.41) is 16.1. The summed E-state index contributed by atoms with van der Waals surface area (Å²) in [5.41, 5.74) is 0.323. The fraction of sp³-hybridized carbons (Fsp3) is 0.0500. The number of nitro benzene ring substituents is 1. The Balaban J connectivity index is 1.89. The van der Waals surface area contributed by atoms with E-state index in [2.05, 4.69) is 15.6 Å². The van der Waals surface area contributed by atoms with Crippen LogP contribution >= 0.6 is 0 Å². The maximum atomic E-state index is 13.7. The van der Waals surface area contributed by atoms with Gasteiger partial charge in [-0.15, -0.1) is 0 Å². The number of aromatic nitrogens is 1. The zero-order valence-electron chi connectivity index (χ0n) is 15.2. The van der Waals surface area contributed by atoms with Crippen molar-refractivity contribution in [3.8, 4) is 0 Å². The van der Waals surface area contributed by atoms with E-state index in [1.165, 1.54) is 43.5 Å². The summed E-state index contributed by atoms with van der Waals surface area (Å²) in [6, 6.07) is 12.4. The largest absolute Gasteiger partial charge is 0.320 e. The number of rotatable bonds is 5. The molecule has 3 aromatic rings. The number of benzene rings is 2. The average molecular weight is 394 g/mol. The third kappa shape index (κ3) is 4.41. The highest BCUT2D eigenvalue weighted by Crippen LogP contribution is 2.26. The molecule has 0 saturated heterocycles. The molecule has 146 valence electrons. The number of nitrogens with zero attached hydrogens (tertiary/aromatic N) is 2. The molecule has 0 bridgehead atoms. The van der Waals surface area contributed by atoms with Crippen LogP contribution in [-0.4, -0.2) is 21.7 Å². The van der Waals surface area contributed by atoms with Gasteiger partial charge in [0.25, 0.3) is 17.5 Å². The second-order valence-corrected chi connectivity index (χ2v) is 6.02. The molecular formula is C20H15FN4O4.